The Morgan fingerprint density at radius 2 is 1.85 bits per heavy atom. The summed E-state index contributed by atoms with van der Waals surface area (Å²) in [6, 6.07) is 0. The summed E-state index contributed by atoms with van der Waals surface area (Å²) < 4.78 is 4.40. The van der Waals surface area contributed by atoms with E-state index < -0.39 is 11.8 Å². The van der Waals surface area contributed by atoms with Gasteiger partial charge in [-0.2, -0.15) is 4.89 Å². The summed E-state index contributed by atoms with van der Waals surface area (Å²) in [5.41, 5.74) is -0.552. The smallest absolute Gasteiger partial charge is 0.398 e. The van der Waals surface area contributed by atoms with Gasteiger partial charge in [0.1, 0.15) is 5.76 Å². The number of ether oxygens (including phenoxy) is 1. The predicted molar refractivity (Wildman–Crippen MR) is 44.3 cm³/mol. The van der Waals surface area contributed by atoms with Gasteiger partial charge >= 0.3 is 6.16 Å². The quantitative estimate of drug-likeness (QED) is 0.296. The molecule has 0 atom stereocenters. The van der Waals surface area contributed by atoms with Crippen LogP contribution in [0.25, 0.3) is 0 Å². The van der Waals surface area contributed by atoms with Gasteiger partial charge in [0.2, 0.25) is 0 Å². The van der Waals surface area contributed by atoms with Gasteiger partial charge in [0.05, 0.1) is 5.60 Å². The maximum absolute atomic E-state index is 10.6. The molecule has 0 aromatic heterocycles. The average Bonchev–Trinajstić information content (AvgIpc) is 1.81. The third-order valence-corrected chi connectivity index (χ3v) is 0.644. The van der Waals surface area contributed by atoms with E-state index in [0.717, 1.165) is 0 Å². The minimum Gasteiger partial charge on any atom is -0.398 e. The lowest BCUT2D eigenvalue weighted by Crippen LogP contribution is -2.20. The van der Waals surface area contributed by atoms with Crippen molar-refractivity contribution in [1.29, 1.82) is 0 Å². The fraction of sp³-hybridized carbons (Fsp3) is 0.625. The van der Waals surface area contributed by atoms with Crippen molar-refractivity contribution in [3.8, 4) is 0 Å². The van der Waals surface area contributed by atoms with Crippen molar-refractivity contribution in [2.75, 3.05) is 0 Å². The van der Waals surface area contributed by atoms with Crippen LogP contribution in [-0.2, 0) is 19.6 Å². The Labute approximate surface area is 77.1 Å². The minimum absolute atomic E-state index is 0.212. The minimum atomic E-state index is -1.02. The molecule has 0 saturated heterocycles. The van der Waals surface area contributed by atoms with Gasteiger partial charge in [-0.1, -0.05) is 6.58 Å². The molecule has 0 fully saturated rings. The lowest BCUT2D eigenvalue weighted by molar-refractivity contribution is -0.514. The van der Waals surface area contributed by atoms with Gasteiger partial charge in [-0.05, 0) is 32.7 Å². The summed E-state index contributed by atoms with van der Waals surface area (Å²) in [5.74, 6) is 0.212. The molecule has 0 rings (SSSR count). The Morgan fingerprint density at radius 1 is 1.31 bits per heavy atom. The number of carbonyl (C=O) groups is 1. The molecular formula is C8H14O5. The highest BCUT2D eigenvalue weighted by atomic mass is 17.5. The van der Waals surface area contributed by atoms with Gasteiger partial charge in [-0.15, -0.1) is 0 Å². The topological polar surface area (TPSA) is 54.0 Å². The van der Waals surface area contributed by atoms with E-state index in [9.17, 15) is 4.79 Å². The highest BCUT2D eigenvalue weighted by Gasteiger charge is 2.14. The number of hydrogen-bond donors (Lipinski definition) is 0. The zero-order valence-corrected chi connectivity index (χ0v) is 8.25. The maximum atomic E-state index is 10.6. The summed E-state index contributed by atoms with van der Waals surface area (Å²) in [6.07, 6.45) is -1.02. The van der Waals surface area contributed by atoms with Crippen LogP contribution in [0.1, 0.15) is 27.7 Å². The van der Waals surface area contributed by atoms with Crippen LogP contribution in [0.5, 0.6) is 0 Å². The Morgan fingerprint density at radius 3 is 2.23 bits per heavy atom. The van der Waals surface area contributed by atoms with Gasteiger partial charge in [-0.3, -0.25) is 0 Å². The third kappa shape index (κ3) is 8.84. The van der Waals surface area contributed by atoms with Gasteiger partial charge < -0.3 is 4.74 Å². The van der Waals surface area contributed by atoms with E-state index in [4.69, 9.17) is 0 Å². The van der Waals surface area contributed by atoms with Crippen molar-refractivity contribution in [3.05, 3.63) is 12.3 Å². The lowest BCUT2D eigenvalue weighted by atomic mass is 10.2. The number of rotatable bonds is 3. The number of hydrogen-bond acceptors (Lipinski definition) is 5. The van der Waals surface area contributed by atoms with Crippen LogP contribution in [0, 0.1) is 0 Å². The molecule has 0 unspecified atom stereocenters. The van der Waals surface area contributed by atoms with Crippen LogP contribution in [0.4, 0.5) is 4.79 Å². The van der Waals surface area contributed by atoms with Gasteiger partial charge in [0.25, 0.3) is 0 Å². The molecule has 0 amide bonds. The summed E-state index contributed by atoms with van der Waals surface area (Å²) in [6.45, 7) is 10.0. The highest BCUT2D eigenvalue weighted by molar-refractivity contribution is 5.60. The van der Waals surface area contributed by atoms with Crippen molar-refractivity contribution in [2.45, 2.75) is 33.3 Å². The first-order chi connectivity index (χ1) is 5.81. The van der Waals surface area contributed by atoms with Crippen LogP contribution < -0.4 is 0 Å². The second-order valence-electron chi connectivity index (χ2n) is 3.40. The molecule has 0 aliphatic carbocycles. The lowest BCUT2D eigenvalue weighted by Gasteiger charge is -2.14. The molecule has 5 heteroatoms. The van der Waals surface area contributed by atoms with E-state index in [1.165, 1.54) is 6.92 Å². The van der Waals surface area contributed by atoms with Crippen LogP contribution in [0.3, 0.4) is 0 Å². The second kappa shape index (κ2) is 4.84. The summed E-state index contributed by atoms with van der Waals surface area (Å²) in [5, 5.41) is 4.15. The molecule has 5 nitrogen and oxygen atoms in total. The average molecular weight is 190 g/mol. The molecule has 0 aromatic rings. The van der Waals surface area contributed by atoms with Crippen LogP contribution in [0.2, 0.25) is 0 Å². The van der Waals surface area contributed by atoms with Gasteiger partial charge in [-0.25, -0.2) is 9.68 Å². The molecule has 0 aliphatic rings. The molecule has 0 saturated carbocycles. The standard InChI is InChI=1S/C8H14O5/c1-6(2)10-7(9)11-13-12-8(3,4)5/h1H2,2-5H3. The van der Waals surface area contributed by atoms with Crippen LogP contribution >= 0.6 is 0 Å². The SMILES string of the molecule is C=C(C)OC(=O)OOOC(C)(C)C. The number of carbonyl (C=O) groups excluding carboxylic acids is 1. The van der Waals surface area contributed by atoms with E-state index in [1.54, 1.807) is 20.8 Å². The van der Waals surface area contributed by atoms with Crippen molar-refractivity contribution in [1.82, 2.24) is 0 Å². The van der Waals surface area contributed by atoms with Crippen LogP contribution in [0.15, 0.2) is 12.3 Å². The molecule has 0 aliphatic heterocycles. The molecule has 76 valence electrons. The Hall–Kier alpha value is -1.07. The van der Waals surface area contributed by atoms with E-state index in [0.29, 0.717) is 0 Å². The molecule has 0 radical (unpaired) electrons. The van der Waals surface area contributed by atoms with E-state index in [2.05, 4.69) is 26.1 Å². The van der Waals surface area contributed by atoms with Crippen molar-refractivity contribution in [2.24, 2.45) is 0 Å². The zero-order chi connectivity index (χ0) is 10.5. The van der Waals surface area contributed by atoms with Crippen LogP contribution in [-0.4, -0.2) is 11.8 Å². The summed E-state index contributed by atoms with van der Waals surface area (Å²) in [4.78, 5) is 19.3. The molecule has 0 aromatic carbocycles. The van der Waals surface area contributed by atoms with E-state index >= 15 is 0 Å². The predicted octanol–water partition coefficient (Wildman–Crippen LogP) is 2.33. The molecule has 0 spiro atoms. The van der Waals surface area contributed by atoms with Crippen molar-refractivity contribution >= 4 is 6.16 Å². The van der Waals surface area contributed by atoms with E-state index in [1.807, 2.05) is 0 Å². The molecule has 0 heterocycles. The third-order valence-electron chi connectivity index (χ3n) is 0.644. The van der Waals surface area contributed by atoms with Gasteiger partial charge in [0.15, 0.2) is 0 Å². The Kier molecular flexibility index (Phi) is 4.44. The fourth-order valence-electron chi connectivity index (χ4n) is 0.306. The monoisotopic (exact) mass is 190 g/mol. The molecule has 0 N–H and O–H groups in total. The zero-order valence-electron chi connectivity index (χ0n) is 8.25. The van der Waals surface area contributed by atoms with Crippen molar-refractivity contribution in [3.63, 3.8) is 0 Å². The highest BCUT2D eigenvalue weighted by Crippen LogP contribution is 2.07. The normalized spacial score (nSPS) is 10.8. The molecular weight excluding hydrogens is 176 g/mol. The Bertz CT molecular complexity index is 191. The molecule has 0 bridgehead atoms. The number of allylic oxidation sites excluding steroid dienone is 1. The van der Waals surface area contributed by atoms with Crippen molar-refractivity contribution < 1.29 is 24.3 Å². The first-order valence-electron chi connectivity index (χ1n) is 3.71. The molecule has 13 heavy (non-hydrogen) atoms. The Balaban J connectivity index is 3.54. The second-order valence-corrected chi connectivity index (χ2v) is 3.40. The maximum Gasteiger partial charge on any atom is 0.547 e. The first-order valence-corrected chi connectivity index (χ1v) is 3.71. The fourth-order valence-corrected chi connectivity index (χ4v) is 0.306. The van der Waals surface area contributed by atoms with Gasteiger partial charge in [0, 0.05) is 0 Å². The largest absolute Gasteiger partial charge is 0.547 e. The first kappa shape index (κ1) is 11.9. The summed E-state index contributed by atoms with van der Waals surface area (Å²) in [7, 11) is 0. The van der Waals surface area contributed by atoms with E-state index in [-0.39, 0.29) is 5.76 Å². The summed E-state index contributed by atoms with van der Waals surface area (Å²) >= 11 is 0.